The highest BCUT2D eigenvalue weighted by atomic mass is 16.4. The van der Waals surface area contributed by atoms with Crippen LogP contribution < -0.4 is 5.32 Å². The number of carbonyl (C=O) groups is 1. The van der Waals surface area contributed by atoms with Gasteiger partial charge in [-0.2, -0.15) is 0 Å². The maximum atomic E-state index is 11.3. The van der Waals surface area contributed by atoms with E-state index in [9.17, 15) is 9.90 Å². The number of nitrogens with zero attached hydrogens (tertiary/aromatic N) is 1. The highest BCUT2D eigenvalue weighted by Crippen LogP contribution is 2.48. The van der Waals surface area contributed by atoms with Gasteiger partial charge in [-0.15, -0.1) is 0 Å². The Bertz CT molecular complexity index is 570. The van der Waals surface area contributed by atoms with Crippen molar-refractivity contribution in [3.05, 3.63) is 35.9 Å². The molecule has 1 heterocycles. The summed E-state index contributed by atoms with van der Waals surface area (Å²) in [5.41, 5.74) is 1.78. The standard InChI is InChI=1S/C19H26N2O2/c22-18(23)17-7-4-10-21(17)13-19(8-9-19)12-20-16-11-15(16)14-5-2-1-3-6-14/h1-3,5-6,15-17,20H,4,7-13H2,(H,22,23)/t15?,16-,17-/m0/s1. The van der Waals surface area contributed by atoms with Crippen LogP contribution in [-0.4, -0.2) is 47.7 Å². The fourth-order valence-corrected chi connectivity index (χ4v) is 4.13. The number of aliphatic carboxylic acids is 1. The highest BCUT2D eigenvalue weighted by molar-refractivity contribution is 5.73. The summed E-state index contributed by atoms with van der Waals surface area (Å²) in [6.45, 7) is 2.96. The van der Waals surface area contributed by atoms with E-state index in [1.54, 1.807) is 0 Å². The lowest BCUT2D eigenvalue weighted by atomic mass is 10.1. The summed E-state index contributed by atoms with van der Waals surface area (Å²) in [4.78, 5) is 13.5. The van der Waals surface area contributed by atoms with Gasteiger partial charge in [0.25, 0.3) is 0 Å². The van der Waals surface area contributed by atoms with E-state index in [0.717, 1.165) is 32.5 Å². The molecule has 3 aliphatic rings. The fraction of sp³-hybridized carbons (Fsp3) is 0.632. The first-order valence-corrected chi connectivity index (χ1v) is 8.92. The van der Waals surface area contributed by atoms with E-state index in [1.165, 1.54) is 24.8 Å². The van der Waals surface area contributed by atoms with Crippen molar-refractivity contribution in [3.8, 4) is 0 Å². The maximum absolute atomic E-state index is 11.3. The van der Waals surface area contributed by atoms with Crippen molar-refractivity contribution >= 4 is 5.97 Å². The molecule has 3 fully saturated rings. The van der Waals surface area contributed by atoms with Crippen LogP contribution in [0.25, 0.3) is 0 Å². The van der Waals surface area contributed by atoms with Crippen LogP contribution in [-0.2, 0) is 4.79 Å². The van der Waals surface area contributed by atoms with Gasteiger partial charge in [0, 0.05) is 25.0 Å². The van der Waals surface area contributed by atoms with E-state index in [1.807, 2.05) is 0 Å². The smallest absolute Gasteiger partial charge is 0.320 e. The second kappa shape index (κ2) is 5.91. The van der Waals surface area contributed by atoms with Crippen molar-refractivity contribution in [2.45, 2.75) is 50.1 Å². The molecule has 0 amide bonds. The summed E-state index contributed by atoms with van der Waals surface area (Å²) in [6, 6.07) is 11.1. The summed E-state index contributed by atoms with van der Waals surface area (Å²) in [6.07, 6.45) is 5.56. The molecular weight excluding hydrogens is 288 g/mol. The molecule has 2 aliphatic carbocycles. The number of rotatable bonds is 7. The number of likely N-dealkylation sites (tertiary alicyclic amines) is 1. The zero-order chi connectivity index (χ0) is 15.9. The minimum atomic E-state index is -0.641. The monoisotopic (exact) mass is 314 g/mol. The summed E-state index contributed by atoms with van der Waals surface area (Å²) >= 11 is 0. The molecule has 4 heteroatoms. The Morgan fingerprint density at radius 2 is 2.09 bits per heavy atom. The zero-order valence-corrected chi connectivity index (χ0v) is 13.6. The Balaban J connectivity index is 1.28. The quantitative estimate of drug-likeness (QED) is 0.812. The third-order valence-corrected chi connectivity index (χ3v) is 5.90. The number of hydrogen-bond donors (Lipinski definition) is 2. The Morgan fingerprint density at radius 1 is 1.30 bits per heavy atom. The van der Waals surface area contributed by atoms with Crippen LogP contribution in [0.3, 0.4) is 0 Å². The summed E-state index contributed by atoms with van der Waals surface area (Å²) in [7, 11) is 0. The van der Waals surface area contributed by atoms with E-state index < -0.39 is 5.97 Å². The van der Waals surface area contributed by atoms with Crippen LogP contribution >= 0.6 is 0 Å². The van der Waals surface area contributed by atoms with Gasteiger partial charge in [-0.25, -0.2) is 0 Å². The predicted molar refractivity (Wildman–Crippen MR) is 89.5 cm³/mol. The van der Waals surface area contributed by atoms with Gasteiger partial charge in [-0.05, 0) is 49.6 Å². The van der Waals surface area contributed by atoms with Crippen LogP contribution in [0.2, 0.25) is 0 Å². The van der Waals surface area contributed by atoms with Crippen LogP contribution in [0.15, 0.2) is 30.3 Å². The van der Waals surface area contributed by atoms with Gasteiger partial charge in [0.2, 0.25) is 0 Å². The first-order chi connectivity index (χ1) is 11.2. The molecule has 0 radical (unpaired) electrons. The Kier molecular flexibility index (Phi) is 3.90. The minimum Gasteiger partial charge on any atom is -0.480 e. The Hall–Kier alpha value is -1.39. The summed E-state index contributed by atoms with van der Waals surface area (Å²) in [5, 5.41) is 13.1. The third-order valence-electron chi connectivity index (χ3n) is 5.90. The van der Waals surface area contributed by atoms with Gasteiger partial charge >= 0.3 is 5.97 Å². The molecule has 23 heavy (non-hydrogen) atoms. The zero-order valence-electron chi connectivity index (χ0n) is 13.6. The Morgan fingerprint density at radius 3 is 2.78 bits per heavy atom. The predicted octanol–water partition coefficient (Wildman–Crippen LogP) is 2.46. The lowest BCUT2D eigenvalue weighted by molar-refractivity contribution is -0.142. The topological polar surface area (TPSA) is 52.6 Å². The SMILES string of the molecule is O=C(O)[C@@H]1CCCN1CC1(CN[C@H]2CC2c2ccccc2)CC1. The average molecular weight is 314 g/mol. The first kappa shape index (κ1) is 15.2. The molecule has 3 atom stereocenters. The molecule has 0 spiro atoms. The third kappa shape index (κ3) is 3.29. The van der Waals surface area contributed by atoms with E-state index in [4.69, 9.17) is 0 Å². The van der Waals surface area contributed by atoms with E-state index in [0.29, 0.717) is 17.4 Å². The normalized spacial score (nSPS) is 31.9. The van der Waals surface area contributed by atoms with Crippen molar-refractivity contribution < 1.29 is 9.90 Å². The van der Waals surface area contributed by atoms with Crippen LogP contribution in [0.4, 0.5) is 0 Å². The van der Waals surface area contributed by atoms with Gasteiger partial charge in [-0.3, -0.25) is 9.69 Å². The molecule has 4 nitrogen and oxygen atoms in total. The van der Waals surface area contributed by atoms with E-state index in [-0.39, 0.29) is 6.04 Å². The fourth-order valence-electron chi connectivity index (χ4n) is 4.13. The van der Waals surface area contributed by atoms with Crippen molar-refractivity contribution in [2.24, 2.45) is 5.41 Å². The molecule has 1 unspecified atom stereocenters. The summed E-state index contributed by atoms with van der Waals surface area (Å²) in [5.74, 6) is 0.0307. The minimum absolute atomic E-state index is 0.245. The maximum Gasteiger partial charge on any atom is 0.320 e. The second-order valence-electron chi connectivity index (χ2n) is 7.71. The van der Waals surface area contributed by atoms with Gasteiger partial charge in [0.15, 0.2) is 0 Å². The van der Waals surface area contributed by atoms with Gasteiger partial charge in [-0.1, -0.05) is 30.3 Å². The largest absolute Gasteiger partial charge is 0.480 e. The number of benzene rings is 1. The van der Waals surface area contributed by atoms with Crippen LogP contribution in [0, 0.1) is 5.41 Å². The van der Waals surface area contributed by atoms with E-state index in [2.05, 4.69) is 40.5 Å². The number of nitrogens with one attached hydrogen (secondary N) is 1. The number of hydrogen-bond acceptors (Lipinski definition) is 3. The van der Waals surface area contributed by atoms with Gasteiger partial charge in [0.1, 0.15) is 6.04 Å². The van der Waals surface area contributed by atoms with Crippen molar-refractivity contribution in [3.63, 3.8) is 0 Å². The van der Waals surface area contributed by atoms with Gasteiger partial charge in [0.05, 0.1) is 0 Å². The second-order valence-corrected chi connectivity index (χ2v) is 7.71. The molecule has 2 saturated carbocycles. The lowest BCUT2D eigenvalue weighted by Crippen LogP contribution is -2.42. The molecule has 0 aromatic heterocycles. The number of carboxylic acids is 1. The molecule has 1 aromatic rings. The average Bonchev–Trinajstić information content (AvgIpc) is 3.44. The van der Waals surface area contributed by atoms with Crippen LogP contribution in [0.1, 0.15) is 43.6 Å². The van der Waals surface area contributed by atoms with Gasteiger partial charge < -0.3 is 10.4 Å². The van der Waals surface area contributed by atoms with E-state index >= 15 is 0 Å². The first-order valence-electron chi connectivity index (χ1n) is 8.92. The lowest BCUT2D eigenvalue weighted by Gasteiger charge is -2.27. The molecule has 1 saturated heterocycles. The summed E-state index contributed by atoms with van der Waals surface area (Å²) < 4.78 is 0. The molecular formula is C19H26N2O2. The molecule has 4 rings (SSSR count). The number of carboxylic acid groups (broad SMARTS) is 1. The molecule has 1 aliphatic heterocycles. The van der Waals surface area contributed by atoms with Crippen molar-refractivity contribution in [2.75, 3.05) is 19.6 Å². The highest BCUT2D eigenvalue weighted by Gasteiger charge is 2.48. The molecule has 124 valence electrons. The molecule has 2 N–H and O–H groups in total. The molecule has 0 bridgehead atoms. The van der Waals surface area contributed by atoms with Crippen LogP contribution in [0.5, 0.6) is 0 Å². The Labute approximate surface area is 137 Å². The van der Waals surface area contributed by atoms with Crippen molar-refractivity contribution in [1.82, 2.24) is 10.2 Å². The molecule has 1 aromatic carbocycles. The van der Waals surface area contributed by atoms with Crippen molar-refractivity contribution in [1.29, 1.82) is 0 Å².